The molecule has 3 aromatic rings. The second-order valence-corrected chi connectivity index (χ2v) is 9.28. The molecule has 1 aliphatic rings. The van der Waals surface area contributed by atoms with E-state index in [0.29, 0.717) is 26.2 Å². The molecule has 1 aromatic heterocycles. The summed E-state index contributed by atoms with van der Waals surface area (Å²) in [6, 6.07) is 18.6. The summed E-state index contributed by atoms with van der Waals surface area (Å²) in [6.45, 7) is 3.87. The first-order valence-electron chi connectivity index (χ1n) is 9.35. The molecule has 0 amide bonds. The molecule has 0 atom stereocenters. The first kappa shape index (κ1) is 19.8. The van der Waals surface area contributed by atoms with E-state index in [1.807, 2.05) is 48.2 Å². The molecule has 6 nitrogen and oxygen atoms in total. The van der Waals surface area contributed by atoms with E-state index >= 15 is 0 Å². The van der Waals surface area contributed by atoms with Crippen molar-refractivity contribution in [3.05, 3.63) is 71.2 Å². The number of anilines is 1. The largest absolute Gasteiger partial charge is 0.352 e. The molecule has 4 rings (SSSR count). The van der Waals surface area contributed by atoms with Crippen molar-refractivity contribution in [2.75, 3.05) is 31.1 Å². The van der Waals surface area contributed by atoms with Crippen LogP contribution >= 0.6 is 11.6 Å². The topological polar surface area (TPSA) is 66.4 Å². The Balaban J connectivity index is 1.44. The Bertz CT molecular complexity index is 1090. The zero-order valence-electron chi connectivity index (χ0n) is 16.0. The Morgan fingerprint density at radius 1 is 0.862 bits per heavy atom. The van der Waals surface area contributed by atoms with Crippen LogP contribution in [0.5, 0.6) is 0 Å². The molecular formula is C21H21ClN4O2S. The van der Waals surface area contributed by atoms with Gasteiger partial charge in [0.05, 0.1) is 10.7 Å². The number of hydrogen-bond acceptors (Lipinski definition) is 5. The predicted octanol–water partition coefficient (Wildman–Crippen LogP) is 3.62. The molecular weight excluding hydrogens is 408 g/mol. The lowest BCUT2D eigenvalue weighted by Crippen LogP contribution is -2.49. The van der Waals surface area contributed by atoms with Crippen LogP contribution in [-0.2, 0) is 10.0 Å². The van der Waals surface area contributed by atoms with Gasteiger partial charge in [0.2, 0.25) is 10.0 Å². The maximum absolute atomic E-state index is 12.9. The zero-order valence-corrected chi connectivity index (χ0v) is 17.6. The Morgan fingerprint density at radius 2 is 1.55 bits per heavy atom. The SMILES string of the molecule is Cc1ccc(-c2ccc(N3CCN(S(=O)(=O)c4ccccc4Cl)CC3)nn2)cc1. The normalized spacial score (nSPS) is 15.4. The van der Waals surface area contributed by atoms with Crippen molar-refractivity contribution in [3.8, 4) is 11.3 Å². The van der Waals surface area contributed by atoms with E-state index in [9.17, 15) is 8.42 Å². The highest BCUT2D eigenvalue weighted by Crippen LogP contribution is 2.26. The molecule has 1 saturated heterocycles. The van der Waals surface area contributed by atoms with Crippen molar-refractivity contribution in [2.24, 2.45) is 0 Å². The molecule has 0 N–H and O–H groups in total. The van der Waals surface area contributed by atoms with E-state index in [0.717, 1.165) is 17.1 Å². The fourth-order valence-electron chi connectivity index (χ4n) is 3.32. The van der Waals surface area contributed by atoms with Crippen LogP contribution in [0.15, 0.2) is 65.6 Å². The first-order valence-corrected chi connectivity index (χ1v) is 11.2. The summed E-state index contributed by atoms with van der Waals surface area (Å²) in [6.07, 6.45) is 0. The average Bonchev–Trinajstić information content (AvgIpc) is 2.75. The highest BCUT2D eigenvalue weighted by atomic mass is 35.5. The van der Waals surface area contributed by atoms with Crippen molar-refractivity contribution >= 4 is 27.4 Å². The number of aromatic nitrogens is 2. The lowest BCUT2D eigenvalue weighted by molar-refractivity contribution is 0.383. The summed E-state index contributed by atoms with van der Waals surface area (Å²) in [5, 5.41) is 8.93. The van der Waals surface area contributed by atoms with Gasteiger partial charge in [-0.15, -0.1) is 10.2 Å². The van der Waals surface area contributed by atoms with Crippen molar-refractivity contribution < 1.29 is 8.42 Å². The maximum atomic E-state index is 12.9. The van der Waals surface area contributed by atoms with Gasteiger partial charge < -0.3 is 4.90 Å². The quantitative estimate of drug-likeness (QED) is 0.635. The van der Waals surface area contributed by atoms with Crippen molar-refractivity contribution in [2.45, 2.75) is 11.8 Å². The van der Waals surface area contributed by atoms with Gasteiger partial charge in [0.1, 0.15) is 4.90 Å². The molecule has 0 aliphatic carbocycles. The zero-order chi connectivity index (χ0) is 20.4. The summed E-state index contributed by atoms with van der Waals surface area (Å²) in [7, 11) is -3.61. The fraction of sp³-hybridized carbons (Fsp3) is 0.238. The van der Waals surface area contributed by atoms with Crippen molar-refractivity contribution in [1.82, 2.24) is 14.5 Å². The van der Waals surface area contributed by atoms with Gasteiger partial charge in [-0.25, -0.2) is 8.42 Å². The number of sulfonamides is 1. The van der Waals surface area contributed by atoms with Gasteiger partial charge in [-0.05, 0) is 31.2 Å². The summed E-state index contributed by atoms with van der Waals surface area (Å²) in [5.74, 6) is 0.746. The fourth-order valence-corrected chi connectivity index (χ4v) is 5.24. The van der Waals surface area contributed by atoms with Crippen molar-refractivity contribution in [1.29, 1.82) is 0 Å². The Morgan fingerprint density at radius 3 is 2.17 bits per heavy atom. The molecule has 1 fully saturated rings. The molecule has 0 radical (unpaired) electrons. The van der Waals surface area contributed by atoms with Gasteiger partial charge in [-0.2, -0.15) is 4.31 Å². The van der Waals surface area contributed by atoms with Gasteiger partial charge >= 0.3 is 0 Å². The summed E-state index contributed by atoms with van der Waals surface area (Å²) < 4.78 is 27.2. The number of aryl methyl sites for hydroxylation is 1. The third kappa shape index (κ3) is 4.12. The second kappa shape index (κ2) is 8.10. The second-order valence-electron chi connectivity index (χ2n) is 6.96. The highest BCUT2D eigenvalue weighted by molar-refractivity contribution is 7.89. The van der Waals surface area contributed by atoms with Gasteiger partial charge in [-0.1, -0.05) is 53.6 Å². The monoisotopic (exact) mass is 428 g/mol. The van der Waals surface area contributed by atoms with Crippen LogP contribution in [-0.4, -0.2) is 49.1 Å². The molecule has 0 spiro atoms. The molecule has 150 valence electrons. The van der Waals surface area contributed by atoms with E-state index < -0.39 is 10.0 Å². The van der Waals surface area contributed by atoms with Crippen LogP contribution in [0.4, 0.5) is 5.82 Å². The lowest BCUT2D eigenvalue weighted by atomic mass is 10.1. The van der Waals surface area contributed by atoms with Gasteiger partial charge in [-0.3, -0.25) is 0 Å². The Labute approximate surface area is 175 Å². The van der Waals surface area contributed by atoms with Crippen LogP contribution in [0.25, 0.3) is 11.3 Å². The van der Waals surface area contributed by atoms with Gasteiger partial charge in [0.15, 0.2) is 5.82 Å². The number of hydrogen-bond donors (Lipinski definition) is 0. The van der Waals surface area contributed by atoms with E-state index in [4.69, 9.17) is 11.6 Å². The summed E-state index contributed by atoms with van der Waals surface area (Å²) in [5.41, 5.74) is 3.03. The standard InChI is InChI=1S/C21H21ClN4O2S/c1-16-6-8-17(9-7-16)19-10-11-21(24-23-19)25-12-14-26(15-13-25)29(27,28)20-5-3-2-4-18(20)22/h2-11H,12-15H2,1H3. The van der Waals surface area contributed by atoms with Gasteiger partial charge in [0, 0.05) is 31.7 Å². The van der Waals surface area contributed by atoms with Crippen LogP contribution in [0.1, 0.15) is 5.56 Å². The number of halogens is 1. The minimum atomic E-state index is -3.61. The predicted molar refractivity (Wildman–Crippen MR) is 115 cm³/mol. The minimum absolute atomic E-state index is 0.150. The maximum Gasteiger partial charge on any atom is 0.244 e. The molecule has 8 heteroatoms. The summed E-state index contributed by atoms with van der Waals surface area (Å²) >= 11 is 6.09. The summed E-state index contributed by atoms with van der Waals surface area (Å²) in [4.78, 5) is 2.20. The Hall–Kier alpha value is -2.48. The molecule has 2 heterocycles. The molecule has 1 aliphatic heterocycles. The molecule has 0 unspecified atom stereocenters. The lowest BCUT2D eigenvalue weighted by Gasteiger charge is -2.34. The number of rotatable bonds is 4. The minimum Gasteiger partial charge on any atom is -0.352 e. The number of nitrogens with zero attached hydrogens (tertiary/aromatic N) is 4. The molecule has 29 heavy (non-hydrogen) atoms. The van der Waals surface area contributed by atoms with E-state index in [1.54, 1.807) is 24.3 Å². The van der Waals surface area contributed by atoms with Crippen LogP contribution in [0.2, 0.25) is 5.02 Å². The third-order valence-electron chi connectivity index (χ3n) is 5.01. The molecule has 0 bridgehead atoms. The number of piperazine rings is 1. The third-order valence-corrected chi connectivity index (χ3v) is 7.41. The van der Waals surface area contributed by atoms with Crippen molar-refractivity contribution in [3.63, 3.8) is 0 Å². The molecule has 0 saturated carbocycles. The Kier molecular flexibility index (Phi) is 5.54. The van der Waals surface area contributed by atoms with Gasteiger partial charge in [0.25, 0.3) is 0 Å². The highest BCUT2D eigenvalue weighted by Gasteiger charge is 2.30. The van der Waals surface area contributed by atoms with E-state index in [1.165, 1.54) is 9.87 Å². The first-order chi connectivity index (χ1) is 13.9. The molecule has 2 aromatic carbocycles. The van der Waals surface area contributed by atoms with Crippen LogP contribution in [0, 0.1) is 6.92 Å². The smallest absolute Gasteiger partial charge is 0.244 e. The average molecular weight is 429 g/mol. The van der Waals surface area contributed by atoms with Crippen LogP contribution < -0.4 is 4.90 Å². The number of benzene rings is 2. The van der Waals surface area contributed by atoms with E-state index in [2.05, 4.69) is 10.2 Å². The van der Waals surface area contributed by atoms with E-state index in [-0.39, 0.29) is 9.92 Å². The van der Waals surface area contributed by atoms with Crippen LogP contribution in [0.3, 0.4) is 0 Å².